The van der Waals surface area contributed by atoms with Crippen molar-refractivity contribution < 1.29 is 14.3 Å². The summed E-state index contributed by atoms with van der Waals surface area (Å²) in [6, 6.07) is 14.7. The van der Waals surface area contributed by atoms with Crippen LogP contribution in [0.2, 0.25) is 0 Å². The molecular formula is C20H18N6O3. The Labute approximate surface area is 165 Å². The fraction of sp³-hybridized carbons (Fsp3) is 0.100. The second-order valence-electron chi connectivity index (χ2n) is 6.25. The first kappa shape index (κ1) is 18.2. The smallest absolute Gasteiger partial charge is 0.272 e. The molecule has 9 nitrogen and oxygen atoms in total. The molecule has 0 saturated heterocycles. The molecule has 0 bridgehead atoms. The van der Waals surface area contributed by atoms with Crippen LogP contribution in [0.1, 0.15) is 26.5 Å². The number of hydrogen-bond acceptors (Lipinski definition) is 5. The number of carbonyl (C=O) groups is 2. The van der Waals surface area contributed by atoms with Gasteiger partial charge in [-0.15, -0.1) is 0 Å². The van der Waals surface area contributed by atoms with E-state index >= 15 is 0 Å². The van der Waals surface area contributed by atoms with Crippen LogP contribution >= 0.6 is 0 Å². The summed E-state index contributed by atoms with van der Waals surface area (Å²) in [5.41, 5.74) is 7.71. The zero-order valence-corrected chi connectivity index (χ0v) is 15.5. The van der Waals surface area contributed by atoms with Crippen LogP contribution in [0.3, 0.4) is 0 Å². The summed E-state index contributed by atoms with van der Waals surface area (Å²) in [5, 5.41) is 2.74. The maximum atomic E-state index is 12.7. The molecule has 0 aliphatic heterocycles. The summed E-state index contributed by atoms with van der Waals surface area (Å²) in [5.74, 6) is -0.322. The topological polar surface area (TPSA) is 128 Å². The Morgan fingerprint density at radius 3 is 2.69 bits per heavy atom. The summed E-state index contributed by atoms with van der Waals surface area (Å²) in [7, 11) is 1.56. The minimum Gasteiger partial charge on any atom is -0.496 e. The number of hydrogen-bond donors (Lipinski definition) is 3. The van der Waals surface area contributed by atoms with Gasteiger partial charge in [-0.05, 0) is 18.2 Å². The number of primary amides is 1. The molecule has 2 amide bonds. The fourth-order valence-electron chi connectivity index (χ4n) is 3.07. The lowest BCUT2D eigenvalue weighted by Crippen LogP contribution is -2.28. The maximum absolute atomic E-state index is 12.7. The van der Waals surface area contributed by atoms with Gasteiger partial charge < -0.3 is 20.8 Å². The van der Waals surface area contributed by atoms with Crippen LogP contribution in [0.25, 0.3) is 17.0 Å². The van der Waals surface area contributed by atoms with Crippen molar-refractivity contribution in [1.29, 1.82) is 0 Å². The van der Waals surface area contributed by atoms with E-state index in [1.807, 2.05) is 42.5 Å². The van der Waals surface area contributed by atoms with E-state index in [4.69, 9.17) is 10.5 Å². The quantitative estimate of drug-likeness (QED) is 0.462. The second kappa shape index (κ2) is 7.47. The highest BCUT2D eigenvalue weighted by atomic mass is 16.5. The monoisotopic (exact) mass is 390 g/mol. The molecule has 2 aromatic carbocycles. The van der Waals surface area contributed by atoms with Gasteiger partial charge in [-0.3, -0.25) is 14.2 Å². The number of methoxy groups -OCH3 is 1. The van der Waals surface area contributed by atoms with Gasteiger partial charge in [0.15, 0.2) is 5.69 Å². The highest BCUT2D eigenvalue weighted by Gasteiger charge is 2.24. The summed E-state index contributed by atoms with van der Waals surface area (Å²) in [6.45, 7) is 0.207. The Morgan fingerprint density at radius 2 is 1.93 bits per heavy atom. The van der Waals surface area contributed by atoms with Crippen molar-refractivity contribution in [2.24, 2.45) is 5.73 Å². The van der Waals surface area contributed by atoms with Crippen LogP contribution in [0.15, 0.2) is 54.9 Å². The van der Waals surface area contributed by atoms with Crippen LogP contribution in [-0.4, -0.2) is 38.4 Å². The van der Waals surface area contributed by atoms with Gasteiger partial charge in [0.2, 0.25) is 5.95 Å². The number of para-hydroxylation sites is 3. The molecule has 0 aliphatic rings. The van der Waals surface area contributed by atoms with Gasteiger partial charge in [-0.1, -0.05) is 30.3 Å². The molecule has 0 unspecified atom stereocenters. The molecule has 0 spiro atoms. The molecule has 0 radical (unpaired) electrons. The third kappa shape index (κ3) is 3.41. The van der Waals surface area contributed by atoms with Crippen molar-refractivity contribution in [3.05, 3.63) is 71.8 Å². The Kier molecular flexibility index (Phi) is 4.70. The van der Waals surface area contributed by atoms with Crippen molar-refractivity contribution in [3.63, 3.8) is 0 Å². The zero-order valence-electron chi connectivity index (χ0n) is 15.5. The van der Waals surface area contributed by atoms with E-state index in [-0.39, 0.29) is 17.9 Å². The third-order valence-corrected chi connectivity index (χ3v) is 4.45. The summed E-state index contributed by atoms with van der Waals surface area (Å²) >= 11 is 0. The van der Waals surface area contributed by atoms with E-state index < -0.39 is 11.8 Å². The highest BCUT2D eigenvalue weighted by molar-refractivity contribution is 6.04. The molecule has 0 atom stereocenters. The highest BCUT2D eigenvalue weighted by Crippen LogP contribution is 2.19. The second-order valence-corrected chi connectivity index (χ2v) is 6.25. The molecule has 4 rings (SSSR count). The Bertz CT molecular complexity index is 1180. The first-order valence-corrected chi connectivity index (χ1v) is 8.81. The SMILES string of the molecule is COc1ccccc1CNC(=O)c1ncn(-c2nc3ccccc3[nH]2)c1C(N)=O. The molecule has 2 heterocycles. The number of fused-ring (bicyclic) bond motifs is 1. The molecule has 4 aromatic rings. The molecule has 2 aromatic heterocycles. The van der Waals surface area contributed by atoms with Gasteiger partial charge in [0, 0.05) is 12.1 Å². The number of H-pyrrole nitrogens is 1. The van der Waals surface area contributed by atoms with Crippen molar-refractivity contribution in [2.45, 2.75) is 6.54 Å². The molecule has 0 fully saturated rings. The van der Waals surface area contributed by atoms with E-state index in [0.717, 1.165) is 11.1 Å². The standard InChI is InChI=1S/C20H18N6O3/c1-29-15-9-5-2-6-12(15)10-22-19(28)16-17(18(21)27)26(11-23-16)20-24-13-7-3-4-8-14(13)25-20/h2-9,11H,10H2,1H3,(H2,21,27)(H,22,28)(H,24,25). The van der Waals surface area contributed by atoms with Gasteiger partial charge in [0.25, 0.3) is 11.8 Å². The minimum absolute atomic E-state index is 0.0541. The van der Waals surface area contributed by atoms with Crippen LogP contribution in [0, 0.1) is 0 Å². The van der Waals surface area contributed by atoms with Gasteiger partial charge in [-0.2, -0.15) is 0 Å². The molecular weight excluding hydrogens is 372 g/mol. The average molecular weight is 390 g/mol. The number of carbonyl (C=O) groups excluding carboxylic acids is 2. The number of imidazole rings is 2. The number of nitrogens with two attached hydrogens (primary N) is 1. The first-order valence-electron chi connectivity index (χ1n) is 8.81. The molecule has 4 N–H and O–H groups in total. The van der Waals surface area contributed by atoms with Crippen LogP contribution in [-0.2, 0) is 6.54 Å². The maximum Gasteiger partial charge on any atom is 0.272 e. The molecule has 0 saturated carbocycles. The number of rotatable bonds is 6. The van der Waals surface area contributed by atoms with Crippen LogP contribution in [0.5, 0.6) is 5.75 Å². The van der Waals surface area contributed by atoms with Crippen molar-refractivity contribution in [1.82, 2.24) is 24.8 Å². The van der Waals surface area contributed by atoms with Gasteiger partial charge >= 0.3 is 0 Å². The number of nitrogens with zero attached hydrogens (tertiary/aromatic N) is 3. The number of benzene rings is 2. The fourth-order valence-corrected chi connectivity index (χ4v) is 3.07. The summed E-state index contributed by atoms with van der Waals surface area (Å²) in [4.78, 5) is 36.4. The summed E-state index contributed by atoms with van der Waals surface area (Å²) in [6.07, 6.45) is 1.34. The molecule has 0 aliphatic carbocycles. The number of ether oxygens (including phenoxy) is 1. The van der Waals surface area contributed by atoms with E-state index in [0.29, 0.717) is 17.2 Å². The van der Waals surface area contributed by atoms with Gasteiger partial charge in [0.05, 0.1) is 18.1 Å². The molecule has 29 heavy (non-hydrogen) atoms. The number of nitrogens with one attached hydrogen (secondary N) is 2. The lowest BCUT2D eigenvalue weighted by molar-refractivity contribution is 0.0927. The lowest BCUT2D eigenvalue weighted by atomic mass is 10.2. The Hall–Kier alpha value is -4.14. The normalized spacial score (nSPS) is 10.8. The zero-order chi connectivity index (χ0) is 20.4. The van der Waals surface area contributed by atoms with E-state index in [1.54, 1.807) is 13.2 Å². The average Bonchev–Trinajstić information content (AvgIpc) is 3.36. The van der Waals surface area contributed by atoms with E-state index in [9.17, 15) is 9.59 Å². The lowest BCUT2D eigenvalue weighted by Gasteiger charge is -2.09. The summed E-state index contributed by atoms with van der Waals surface area (Å²) < 4.78 is 6.65. The number of aromatic nitrogens is 4. The number of amides is 2. The van der Waals surface area contributed by atoms with Crippen molar-refractivity contribution in [3.8, 4) is 11.7 Å². The third-order valence-electron chi connectivity index (χ3n) is 4.45. The molecule has 9 heteroatoms. The van der Waals surface area contributed by atoms with E-state index in [1.165, 1.54) is 10.9 Å². The number of aromatic amines is 1. The Morgan fingerprint density at radius 1 is 1.17 bits per heavy atom. The predicted molar refractivity (Wildman–Crippen MR) is 106 cm³/mol. The van der Waals surface area contributed by atoms with Crippen molar-refractivity contribution in [2.75, 3.05) is 7.11 Å². The predicted octanol–water partition coefficient (Wildman–Crippen LogP) is 1.79. The van der Waals surface area contributed by atoms with Crippen molar-refractivity contribution >= 4 is 22.8 Å². The first-order chi connectivity index (χ1) is 14.1. The molecule has 146 valence electrons. The Balaban J connectivity index is 1.64. The van der Waals surface area contributed by atoms with Crippen LogP contribution in [0.4, 0.5) is 0 Å². The van der Waals surface area contributed by atoms with Gasteiger partial charge in [0.1, 0.15) is 17.8 Å². The minimum atomic E-state index is -0.787. The largest absolute Gasteiger partial charge is 0.496 e. The van der Waals surface area contributed by atoms with Crippen LogP contribution < -0.4 is 15.8 Å². The van der Waals surface area contributed by atoms with Gasteiger partial charge in [-0.25, -0.2) is 9.97 Å². The van der Waals surface area contributed by atoms with E-state index in [2.05, 4.69) is 20.3 Å².